The molecule has 2 aromatic rings. The SMILES string of the molecule is O=CCn1nnc2ccccc2c1=O. The van der Waals surface area contributed by atoms with E-state index in [2.05, 4.69) is 10.3 Å². The van der Waals surface area contributed by atoms with E-state index in [1.807, 2.05) is 0 Å². The molecule has 0 atom stereocenters. The minimum Gasteiger partial charge on any atom is -0.301 e. The van der Waals surface area contributed by atoms with E-state index >= 15 is 0 Å². The molecule has 0 aliphatic rings. The van der Waals surface area contributed by atoms with Crippen LogP contribution in [0.2, 0.25) is 0 Å². The molecule has 0 unspecified atom stereocenters. The van der Waals surface area contributed by atoms with Gasteiger partial charge in [0.05, 0.1) is 5.39 Å². The minimum absolute atomic E-state index is 0.0589. The van der Waals surface area contributed by atoms with Crippen LogP contribution in [0, 0.1) is 0 Å². The Hall–Kier alpha value is -2.04. The third-order valence-corrected chi connectivity index (χ3v) is 1.88. The predicted molar refractivity (Wildman–Crippen MR) is 49.9 cm³/mol. The van der Waals surface area contributed by atoms with Crippen molar-refractivity contribution in [3.05, 3.63) is 34.6 Å². The quantitative estimate of drug-likeness (QED) is 0.623. The second kappa shape index (κ2) is 3.37. The monoisotopic (exact) mass is 189 g/mol. The number of rotatable bonds is 2. The van der Waals surface area contributed by atoms with Gasteiger partial charge in [0.15, 0.2) is 0 Å². The summed E-state index contributed by atoms with van der Waals surface area (Å²) in [5.41, 5.74) is 0.252. The third-order valence-electron chi connectivity index (χ3n) is 1.88. The molecule has 2 rings (SSSR count). The first-order chi connectivity index (χ1) is 6.83. The number of aromatic nitrogens is 3. The van der Waals surface area contributed by atoms with Crippen LogP contribution in [0.4, 0.5) is 0 Å². The Labute approximate surface area is 79.0 Å². The average Bonchev–Trinajstić information content (AvgIpc) is 2.23. The largest absolute Gasteiger partial charge is 0.301 e. The number of hydrogen-bond acceptors (Lipinski definition) is 4. The minimum atomic E-state index is -0.289. The van der Waals surface area contributed by atoms with Crippen molar-refractivity contribution < 1.29 is 4.79 Å². The molecule has 5 heteroatoms. The van der Waals surface area contributed by atoms with Crippen molar-refractivity contribution in [3.63, 3.8) is 0 Å². The molecular weight excluding hydrogens is 182 g/mol. The lowest BCUT2D eigenvalue weighted by Crippen LogP contribution is -2.24. The Morgan fingerprint density at radius 1 is 1.36 bits per heavy atom. The van der Waals surface area contributed by atoms with Gasteiger partial charge < -0.3 is 4.79 Å². The molecule has 0 saturated carbocycles. The summed E-state index contributed by atoms with van der Waals surface area (Å²) in [4.78, 5) is 21.9. The molecule has 0 aliphatic carbocycles. The third kappa shape index (κ3) is 1.28. The maximum Gasteiger partial charge on any atom is 0.278 e. The van der Waals surface area contributed by atoms with Crippen molar-refractivity contribution >= 4 is 17.2 Å². The first-order valence-corrected chi connectivity index (χ1v) is 4.09. The first-order valence-electron chi connectivity index (χ1n) is 4.09. The molecule has 70 valence electrons. The van der Waals surface area contributed by atoms with Gasteiger partial charge in [-0.1, -0.05) is 17.3 Å². The number of hydrogen-bond donors (Lipinski definition) is 0. The number of carbonyl (C=O) groups excluding carboxylic acids is 1. The first kappa shape index (κ1) is 8.55. The molecule has 1 heterocycles. The topological polar surface area (TPSA) is 64.8 Å². The summed E-state index contributed by atoms with van der Waals surface area (Å²) in [6, 6.07) is 6.89. The van der Waals surface area contributed by atoms with Gasteiger partial charge in [-0.25, -0.2) is 4.68 Å². The van der Waals surface area contributed by atoms with Crippen LogP contribution in [-0.4, -0.2) is 21.3 Å². The second-order valence-corrected chi connectivity index (χ2v) is 2.76. The van der Waals surface area contributed by atoms with E-state index in [1.54, 1.807) is 24.3 Å². The van der Waals surface area contributed by atoms with Gasteiger partial charge in [0.25, 0.3) is 5.56 Å². The van der Waals surface area contributed by atoms with Gasteiger partial charge in [-0.3, -0.25) is 4.79 Å². The van der Waals surface area contributed by atoms with Gasteiger partial charge in [-0.15, -0.1) is 5.10 Å². The molecule has 0 N–H and O–H groups in total. The number of fused-ring (bicyclic) bond motifs is 1. The van der Waals surface area contributed by atoms with Crippen LogP contribution in [0.5, 0.6) is 0 Å². The molecule has 0 fully saturated rings. The lowest BCUT2D eigenvalue weighted by molar-refractivity contribution is -0.108. The number of carbonyl (C=O) groups is 1. The molecule has 0 amide bonds. The van der Waals surface area contributed by atoms with Gasteiger partial charge >= 0.3 is 0 Å². The fraction of sp³-hybridized carbons (Fsp3) is 0.111. The van der Waals surface area contributed by atoms with Gasteiger partial charge in [0, 0.05) is 0 Å². The zero-order chi connectivity index (χ0) is 9.97. The molecule has 5 nitrogen and oxygen atoms in total. The zero-order valence-corrected chi connectivity index (χ0v) is 7.25. The normalized spacial score (nSPS) is 10.3. The van der Waals surface area contributed by atoms with E-state index < -0.39 is 0 Å². The Morgan fingerprint density at radius 3 is 2.93 bits per heavy atom. The van der Waals surface area contributed by atoms with Crippen LogP contribution >= 0.6 is 0 Å². The summed E-state index contributed by atoms with van der Waals surface area (Å²) in [7, 11) is 0. The lowest BCUT2D eigenvalue weighted by Gasteiger charge is -1.99. The molecule has 0 radical (unpaired) electrons. The van der Waals surface area contributed by atoms with Crippen LogP contribution < -0.4 is 5.56 Å². The van der Waals surface area contributed by atoms with Crippen molar-refractivity contribution in [1.82, 2.24) is 15.0 Å². The molecule has 1 aromatic heterocycles. The maximum atomic E-state index is 11.6. The van der Waals surface area contributed by atoms with Gasteiger partial charge in [-0.05, 0) is 12.1 Å². The Balaban J connectivity index is 2.75. The molecule has 0 aliphatic heterocycles. The molecule has 0 bridgehead atoms. The van der Waals surface area contributed by atoms with E-state index in [0.29, 0.717) is 17.2 Å². The Bertz CT molecular complexity index is 533. The van der Waals surface area contributed by atoms with E-state index in [-0.39, 0.29) is 12.1 Å². The average molecular weight is 189 g/mol. The highest BCUT2D eigenvalue weighted by molar-refractivity contribution is 5.76. The fourth-order valence-electron chi connectivity index (χ4n) is 1.21. The van der Waals surface area contributed by atoms with Crippen molar-refractivity contribution in [2.75, 3.05) is 0 Å². The van der Waals surface area contributed by atoms with E-state index in [4.69, 9.17) is 0 Å². The lowest BCUT2D eigenvalue weighted by atomic mass is 10.2. The zero-order valence-electron chi connectivity index (χ0n) is 7.25. The van der Waals surface area contributed by atoms with Gasteiger partial charge in [0.1, 0.15) is 18.3 Å². The van der Waals surface area contributed by atoms with Gasteiger partial charge in [0.2, 0.25) is 0 Å². The predicted octanol–water partition coefficient (Wildman–Crippen LogP) is -0.00960. The highest BCUT2D eigenvalue weighted by Gasteiger charge is 2.02. The van der Waals surface area contributed by atoms with Crippen LogP contribution in [0.25, 0.3) is 10.9 Å². The summed E-state index contributed by atoms with van der Waals surface area (Å²) < 4.78 is 1.04. The second-order valence-electron chi connectivity index (χ2n) is 2.76. The van der Waals surface area contributed by atoms with Crippen LogP contribution in [0.1, 0.15) is 0 Å². The van der Waals surface area contributed by atoms with Crippen LogP contribution in [-0.2, 0) is 11.3 Å². The van der Waals surface area contributed by atoms with Crippen molar-refractivity contribution in [2.24, 2.45) is 0 Å². The Morgan fingerprint density at radius 2 is 2.14 bits per heavy atom. The summed E-state index contributed by atoms with van der Waals surface area (Å²) in [5.74, 6) is 0. The molecule has 0 saturated heterocycles. The molecule has 0 spiro atoms. The van der Waals surface area contributed by atoms with E-state index in [1.165, 1.54) is 0 Å². The molecule has 14 heavy (non-hydrogen) atoms. The highest BCUT2D eigenvalue weighted by Crippen LogP contribution is 2.02. The van der Waals surface area contributed by atoms with Crippen molar-refractivity contribution in [1.29, 1.82) is 0 Å². The maximum absolute atomic E-state index is 11.6. The smallest absolute Gasteiger partial charge is 0.278 e. The Kier molecular flexibility index (Phi) is 2.06. The fourth-order valence-corrected chi connectivity index (χ4v) is 1.21. The summed E-state index contributed by atoms with van der Waals surface area (Å²) in [5, 5.41) is 7.91. The van der Waals surface area contributed by atoms with E-state index in [9.17, 15) is 9.59 Å². The summed E-state index contributed by atoms with van der Waals surface area (Å²) in [6.45, 7) is -0.0589. The summed E-state index contributed by atoms with van der Waals surface area (Å²) in [6.07, 6.45) is 0.616. The van der Waals surface area contributed by atoms with Crippen LogP contribution in [0.3, 0.4) is 0 Å². The summed E-state index contributed by atoms with van der Waals surface area (Å²) >= 11 is 0. The van der Waals surface area contributed by atoms with E-state index in [0.717, 1.165) is 4.68 Å². The molecule has 1 aromatic carbocycles. The standard InChI is InChI=1S/C9H7N3O2/c13-6-5-12-9(14)7-3-1-2-4-8(7)10-11-12/h1-4,6H,5H2. The highest BCUT2D eigenvalue weighted by atomic mass is 16.1. The number of nitrogens with zero attached hydrogens (tertiary/aromatic N) is 3. The van der Waals surface area contributed by atoms with Crippen LogP contribution in [0.15, 0.2) is 29.1 Å². The molecular formula is C9H7N3O2. The number of aldehydes is 1. The number of benzene rings is 1. The van der Waals surface area contributed by atoms with Crippen molar-refractivity contribution in [2.45, 2.75) is 6.54 Å². The van der Waals surface area contributed by atoms with Gasteiger partial charge in [-0.2, -0.15) is 0 Å². The van der Waals surface area contributed by atoms with Crippen molar-refractivity contribution in [3.8, 4) is 0 Å².